The van der Waals surface area contributed by atoms with Crippen molar-refractivity contribution in [2.24, 2.45) is 0 Å². The number of hydrogen-bond donors (Lipinski definition) is 1. The van der Waals surface area contributed by atoms with Gasteiger partial charge in [-0.1, -0.05) is 104 Å². The predicted octanol–water partition coefficient (Wildman–Crippen LogP) is 7.34. The second-order valence-corrected chi connectivity index (χ2v) is 7.93. The number of amides is 1. The molecule has 4 nitrogen and oxygen atoms in total. The Labute approximate surface area is 181 Å². The number of unbranched alkanes of at least 4 members (excludes halogenated alkanes) is 14. The summed E-state index contributed by atoms with van der Waals surface area (Å²) in [6.45, 7) is 6.83. The van der Waals surface area contributed by atoms with Crippen LogP contribution in [0, 0.1) is 0 Å². The van der Waals surface area contributed by atoms with E-state index in [-0.39, 0.29) is 11.9 Å². The van der Waals surface area contributed by atoms with Gasteiger partial charge in [-0.15, -0.1) is 0 Å². The average molecular weight is 414 g/mol. The minimum Gasteiger partial charge on any atom is -0.466 e. The van der Waals surface area contributed by atoms with Crippen LogP contribution < -0.4 is 5.32 Å². The molecule has 0 saturated carbocycles. The third-order valence-electron chi connectivity index (χ3n) is 5.08. The van der Waals surface area contributed by atoms with Crippen molar-refractivity contribution in [3.8, 4) is 0 Å². The van der Waals surface area contributed by atoms with Crippen LogP contribution in [-0.2, 0) is 14.3 Å². The number of carbonyl (C=O) groups excluding carboxylic acids is 2. The maximum absolute atomic E-state index is 11.0. The molecule has 174 valence electrons. The zero-order chi connectivity index (χ0) is 22.0. The topological polar surface area (TPSA) is 55.4 Å². The molecule has 0 atom stereocenters. The van der Waals surface area contributed by atoms with Crippen molar-refractivity contribution in [2.75, 3.05) is 13.7 Å². The molecule has 0 saturated heterocycles. The van der Waals surface area contributed by atoms with Gasteiger partial charge in [0.05, 0.1) is 6.61 Å². The maximum atomic E-state index is 11.0. The molecule has 0 bridgehead atoms. The highest BCUT2D eigenvalue weighted by Gasteiger charge is 2.00. The van der Waals surface area contributed by atoms with E-state index in [0.29, 0.717) is 19.4 Å². The van der Waals surface area contributed by atoms with Crippen LogP contribution in [0.25, 0.3) is 0 Å². The van der Waals surface area contributed by atoms with E-state index in [1.165, 1.54) is 89.9 Å². The van der Waals surface area contributed by atoms with E-state index in [1.54, 1.807) is 7.05 Å². The molecular weight excluding hydrogens is 362 g/mol. The summed E-state index contributed by atoms with van der Waals surface area (Å²) in [5, 5.41) is 2.65. The minimum atomic E-state index is -0.0407. The number of nitrogens with one attached hydrogen (secondary N) is 1. The Morgan fingerprint density at radius 2 is 0.966 bits per heavy atom. The third-order valence-corrected chi connectivity index (χ3v) is 5.08. The summed E-state index contributed by atoms with van der Waals surface area (Å²) in [4.78, 5) is 21.9. The maximum Gasteiger partial charge on any atom is 0.305 e. The zero-order valence-electron chi connectivity index (χ0n) is 20.2. The molecule has 4 heteroatoms. The first-order chi connectivity index (χ1) is 14.1. The number of esters is 1. The number of rotatable bonds is 19. The summed E-state index contributed by atoms with van der Waals surface area (Å²) >= 11 is 0. The molecule has 0 spiro atoms. The third kappa shape index (κ3) is 29.2. The van der Waals surface area contributed by atoms with E-state index in [1.807, 2.05) is 6.92 Å². The largest absolute Gasteiger partial charge is 0.466 e. The molecule has 0 aromatic rings. The molecule has 29 heavy (non-hydrogen) atoms. The Morgan fingerprint density at radius 3 is 1.34 bits per heavy atom. The molecule has 0 unspecified atom stereocenters. The van der Waals surface area contributed by atoms with Gasteiger partial charge >= 0.3 is 5.97 Å². The van der Waals surface area contributed by atoms with Gasteiger partial charge in [0.25, 0.3) is 0 Å². The first-order valence-corrected chi connectivity index (χ1v) is 12.5. The van der Waals surface area contributed by atoms with Crippen LogP contribution in [-0.4, -0.2) is 25.5 Å². The van der Waals surface area contributed by atoms with E-state index in [9.17, 15) is 9.59 Å². The number of hydrogen-bond acceptors (Lipinski definition) is 3. The van der Waals surface area contributed by atoms with Crippen LogP contribution in [0.4, 0.5) is 0 Å². The van der Waals surface area contributed by atoms with Gasteiger partial charge < -0.3 is 10.1 Å². The van der Waals surface area contributed by atoms with Crippen LogP contribution in [0.1, 0.15) is 136 Å². The Balaban J connectivity index is 0. The molecule has 0 aliphatic heterocycles. The van der Waals surface area contributed by atoms with Gasteiger partial charge in [-0.3, -0.25) is 9.59 Å². The second-order valence-electron chi connectivity index (χ2n) is 7.93. The van der Waals surface area contributed by atoms with Gasteiger partial charge in [0, 0.05) is 19.9 Å². The summed E-state index contributed by atoms with van der Waals surface area (Å²) in [7, 11) is 1.70. The van der Waals surface area contributed by atoms with E-state index in [0.717, 1.165) is 12.8 Å². The summed E-state index contributed by atoms with van der Waals surface area (Å²) in [6, 6.07) is 0. The summed E-state index contributed by atoms with van der Waals surface area (Å²) in [5.74, 6) is 0.138. The fourth-order valence-electron chi connectivity index (χ4n) is 3.18. The van der Waals surface area contributed by atoms with E-state index < -0.39 is 0 Å². The van der Waals surface area contributed by atoms with Crippen LogP contribution in [0.15, 0.2) is 0 Å². The van der Waals surface area contributed by atoms with Gasteiger partial charge in [0.2, 0.25) is 5.91 Å². The predicted molar refractivity (Wildman–Crippen MR) is 125 cm³/mol. The van der Waals surface area contributed by atoms with E-state index in [2.05, 4.69) is 19.2 Å². The molecule has 0 aromatic heterocycles. The van der Waals surface area contributed by atoms with E-state index in [4.69, 9.17) is 4.74 Å². The van der Waals surface area contributed by atoms with E-state index >= 15 is 0 Å². The Kier molecular flexibility index (Phi) is 28.0. The fraction of sp³-hybridized carbons (Fsp3) is 0.920. The lowest BCUT2D eigenvalue weighted by molar-refractivity contribution is -0.143. The molecule has 0 aliphatic rings. The van der Waals surface area contributed by atoms with Crippen molar-refractivity contribution in [3.05, 3.63) is 0 Å². The second kappa shape index (κ2) is 26.9. The summed E-state index contributed by atoms with van der Waals surface area (Å²) in [6.07, 6.45) is 21.8. The minimum absolute atomic E-state index is 0.0407. The fourth-order valence-corrected chi connectivity index (χ4v) is 3.18. The Bertz CT molecular complexity index is 345. The highest BCUT2D eigenvalue weighted by atomic mass is 16.5. The highest BCUT2D eigenvalue weighted by molar-refractivity contribution is 5.75. The van der Waals surface area contributed by atoms with Gasteiger partial charge in [-0.05, 0) is 19.8 Å². The lowest BCUT2D eigenvalue weighted by Gasteiger charge is -2.01. The van der Waals surface area contributed by atoms with Crippen molar-refractivity contribution in [3.63, 3.8) is 0 Å². The van der Waals surface area contributed by atoms with Gasteiger partial charge in [0.15, 0.2) is 0 Å². The monoisotopic (exact) mass is 413 g/mol. The van der Waals surface area contributed by atoms with Crippen LogP contribution in [0.2, 0.25) is 0 Å². The molecule has 0 aromatic carbocycles. The van der Waals surface area contributed by atoms with Crippen molar-refractivity contribution in [1.29, 1.82) is 0 Å². The molecule has 0 fully saturated rings. The number of ether oxygens (including phenoxy) is 1. The van der Waals surface area contributed by atoms with Gasteiger partial charge in [0.1, 0.15) is 0 Å². The van der Waals surface area contributed by atoms with Crippen molar-refractivity contribution in [2.45, 2.75) is 136 Å². The van der Waals surface area contributed by atoms with Gasteiger partial charge in [-0.2, -0.15) is 0 Å². The van der Waals surface area contributed by atoms with Crippen molar-refractivity contribution >= 4 is 11.9 Å². The molecule has 0 radical (unpaired) electrons. The molecule has 1 N–H and O–H groups in total. The Morgan fingerprint density at radius 1 is 0.586 bits per heavy atom. The van der Waals surface area contributed by atoms with Gasteiger partial charge in [-0.25, -0.2) is 0 Å². The van der Waals surface area contributed by atoms with Crippen molar-refractivity contribution < 1.29 is 14.3 Å². The highest BCUT2D eigenvalue weighted by Crippen LogP contribution is 2.10. The average Bonchev–Trinajstić information content (AvgIpc) is 2.72. The summed E-state index contributed by atoms with van der Waals surface area (Å²) in [5.41, 5.74) is 0. The standard InChI is InChI=1S/C13H27NO.C12H24O2/c1-3-4-5-6-7-8-9-10-11-12-13(15)14-2;1-3-5-6-7-8-9-10-11-12(13)14-4-2/h3-12H2,1-2H3,(H,14,15);3-11H2,1-2H3. The van der Waals surface area contributed by atoms with Crippen LogP contribution in [0.3, 0.4) is 0 Å². The number of carbonyl (C=O) groups is 2. The SMILES string of the molecule is CCCCCCCCCC(=O)OCC.CCCCCCCCCCCC(=O)NC. The molecule has 0 rings (SSSR count). The molecular formula is C25H51NO3. The normalized spacial score (nSPS) is 10.2. The first kappa shape index (κ1) is 30.1. The lowest BCUT2D eigenvalue weighted by atomic mass is 10.1. The van der Waals surface area contributed by atoms with Crippen LogP contribution >= 0.6 is 0 Å². The quantitative estimate of drug-likeness (QED) is 0.178. The summed E-state index contributed by atoms with van der Waals surface area (Å²) < 4.78 is 4.85. The Hall–Kier alpha value is -1.06. The lowest BCUT2D eigenvalue weighted by Crippen LogP contribution is -2.16. The smallest absolute Gasteiger partial charge is 0.305 e. The molecule has 0 heterocycles. The molecule has 1 amide bonds. The van der Waals surface area contributed by atoms with Crippen molar-refractivity contribution in [1.82, 2.24) is 5.32 Å². The first-order valence-electron chi connectivity index (χ1n) is 12.5. The van der Waals surface area contributed by atoms with Crippen LogP contribution in [0.5, 0.6) is 0 Å². The molecule has 0 aliphatic carbocycles. The zero-order valence-corrected chi connectivity index (χ0v) is 20.2.